The molecule has 7 heteroatoms. The van der Waals surface area contributed by atoms with Crippen molar-refractivity contribution in [2.45, 2.75) is 12.5 Å². The Morgan fingerprint density at radius 1 is 1.33 bits per heavy atom. The van der Waals surface area contributed by atoms with Crippen LogP contribution in [-0.2, 0) is 16.0 Å². The van der Waals surface area contributed by atoms with Gasteiger partial charge >= 0.3 is 5.97 Å². The largest absolute Gasteiger partial charge is 0.480 e. The fraction of sp³-hybridized carbons (Fsp3) is 0.357. The molecule has 21 heavy (non-hydrogen) atoms. The molecule has 4 N–H and O–H groups in total. The minimum absolute atomic E-state index is 0.164. The van der Waals surface area contributed by atoms with Gasteiger partial charge in [-0.15, -0.1) is 0 Å². The van der Waals surface area contributed by atoms with Crippen LogP contribution in [0.2, 0.25) is 0 Å². The molecule has 1 aliphatic rings. The summed E-state index contributed by atoms with van der Waals surface area (Å²) in [4.78, 5) is 35.8. The summed E-state index contributed by atoms with van der Waals surface area (Å²) >= 11 is 0. The number of nitrogens with zero attached hydrogens (tertiary/aromatic N) is 1. The van der Waals surface area contributed by atoms with Gasteiger partial charge in [-0.1, -0.05) is 12.1 Å². The van der Waals surface area contributed by atoms with Gasteiger partial charge in [-0.25, -0.2) is 0 Å². The van der Waals surface area contributed by atoms with Gasteiger partial charge in [0, 0.05) is 18.7 Å². The summed E-state index contributed by atoms with van der Waals surface area (Å²) in [7, 11) is 0. The number of benzene rings is 1. The van der Waals surface area contributed by atoms with Crippen LogP contribution in [0.1, 0.15) is 15.9 Å². The Hall–Kier alpha value is -2.25. The number of rotatable bonds is 4. The lowest BCUT2D eigenvalue weighted by Crippen LogP contribution is -2.50. The average Bonchev–Trinajstić information content (AvgIpc) is 2.47. The van der Waals surface area contributed by atoms with Crippen LogP contribution in [0.25, 0.3) is 0 Å². The smallest absolute Gasteiger partial charge is 0.320 e. The van der Waals surface area contributed by atoms with Gasteiger partial charge in [0.1, 0.15) is 6.04 Å². The van der Waals surface area contributed by atoms with Crippen LogP contribution in [0, 0.1) is 0 Å². The molecule has 0 radical (unpaired) electrons. The van der Waals surface area contributed by atoms with Gasteiger partial charge in [-0.2, -0.15) is 0 Å². The molecule has 1 fully saturated rings. The highest BCUT2D eigenvalue weighted by atomic mass is 16.4. The molecule has 0 aromatic heterocycles. The minimum atomic E-state index is -1.07. The molecule has 2 rings (SSSR count). The van der Waals surface area contributed by atoms with E-state index in [4.69, 9.17) is 10.8 Å². The molecule has 7 nitrogen and oxygen atoms in total. The maximum Gasteiger partial charge on any atom is 0.320 e. The fourth-order valence-corrected chi connectivity index (χ4v) is 2.10. The van der Waals surface area contributed by atoms with Crippen molar-refractivity contribution >= 4 is 17.8 Å². The van der Waals surface area contributed by atoms with Crippen molar-refractivity contribution in [2.24, 2.45) is 5.73 Å². The SMILES string of the molecule is N[C@@H](Cc1ccc(C(=O)N2CCNCC2=O)cc1)C(=O)O. The van der Waals surface area contributed by atoms with Gasteiger partial charge in [0.25, 0.3) is 5.91 Å². The van der Waals surface area contributed by atoms with Crippen LogP contribution in [-0.4, -0.2) is 53.5 Å². The predicted molar refractivity (Wildman–Crippen MR) is 74.7 cm³/mol. The molecular weight excluding hydrogens is 274 g/mol. The van der Waals surface area contributed by atoms with Crippen molar-refractivity contribution in [3.8, 4) is 0 Å². The molecule has 1 saturated heterocycles. The quantitative estimate of drug-likeness (QED) is 0.627. The predicted octanol–water partition coefficient (Wildman–Crippen LogP) is -0.787. The average molecular weight is 291 g/mol. The first-order chi connectivity index (χ1) is 9.99. The van der Waals surface area contributed by atoms with Crippen LogP contribution in [0.15, 0.2) is 24.3 Å². The van der Waals surface area contributed by atoms with Gasteiger partial charge in [0.05, 0.1) is 6.54 Å². The molecule has 112 valence electrons. The summed E-state index contributed by atoms with van der Waals surface area (Å²) in [6.07, 6.45) is 0.191. The number of carbonyl (C=O) groups is 3. The third-order valence-corrected chi connectivity index (χ3v) is 3.31. The maximum absolute atomic E-state index is 12.2. The Morgan fingerprint density at radius 3 is 2.57 bits per heavy atom. The van der Waals surface area contributed by atoms with E-state index in [-0.39, 0.29) is 24.8 Å². The van der Waals surface area contributed by atoms with Gasteiger partial charge in [0.2, 0.25) is 5.91 Å². The molecule has 1 atom stereocenters. The van der Waals surface area contributed by atoms with E-state index in [0.29, 0.717) is 18.7 Å². The van der Waals surface area contributed by atoms with Crippen molar-refractivity contribution < 1.29 is 19.5 Å². The van der Waals surface area contributed by atoms with Crippen molar-refractivity contribution in [1.29, 1.82) is 0 Å². The highest BCUT2D eigenvalue weighted by Gasteiger charge is 2.25. The van der Waals surface area contributed by atoms with Crippen molar-refractivity contribution in [3.05, 3.63) is 35.4 Å². The van der Waals surface area contributed by atoms with Gasteiger partial charge in [-0.05, 0) is 24.1 Å². The Kier molecular flexibility index (Phi) is 4.66. The molecule has 0 spiro atoms. The fourth-order valence-electron chi connectivity index (χ4n) is 2.10. The monoisotopic (exact) mass is 291 g/mol. The molecular formula is C14H17N3O4. The van der Waals surface area contributed by atoms with Crippen LogP contribution >= 0.6 is 0 Å². The number of carboxylic acid groups (broad SMARTS) is 1. The van der Waals surface area contributed by atoms with Crippen molar-refractivity contribution in [2.75, 3.05) is 19.6 Å². The second kappa shape index (κ2) is 6.47. The lowest BCUT2D eigenvalue weighted by Gasteiger charge is -2.25. The Balaban J connectivity index is 2.06. The zero-order chi connectivity index (χ0) is 15.4. The minimum Gasteiger partial charge on any atom is -0.480 e. The van der Waals surface area contributed by atoms with E-state index in [1.54, 1.807) is 24.3 Å². The molecule has 0 bridgehead atoms. The summed E-state index contributed by atoms with van der Waals surface area (Å²) in [5.74, 6) is -1.65. The molecule has 0 saturated carbocycles. The summed E-state index contributed by atoms with van der Waals surface area (Å²) in [6.45, 7) is 1.10. The lowest BCUT2D eigenvalue weighted by molar-refractivity contribution is -0.138. The first-order valence-electron chi connectivity index (χ1n) is 6.62. The molecule has 0 aliphatic carbocycles. The lowest BCUT2D eigenvalue weighted by atomic mass is 10.0. The maximum atomic E-state index is 12.2. The number of piperazine rings is 1. The standard InChI is InChI=1S/C14H17N3O4/c15-11(14(20)21)7-9-1-3-10(4-2-9)13(19)17-6-5-16-8-12(17)18/h1-4,11,16H,5-8,15H2,(H,20,21)/t11-/m0/s1. The van der Waals surface area contributed by atoms with E-state index < -0.39 is 12.0 Å². The van der Waals surface area contributed by atoms with Gasteiger partial charge < -0.3 is 16.2 Å². The zero-order valence-corrected chi connectivity index (χ0v) is 11.4. The Bertz CT molecular complexity index is 556. The van der Waals surface area contributed by atoms with Crippen molar-refractivity contribution in [1.82, 2.24) is 10.2 Å². The molecule has 2 amide bonds. The summed E-state index contributed by atoms with van der Waals surface area (Å²) in [6, 6.07) is 5.51. The number of amides is 2. The van der Waals surface area contributed by atoms with E-state index in [1.165, 1.54) is 4.90 Å². The van der Waals surface area contributed by atoms with Crippen LogP contribution < -0.4 is 11.1 Å². The number of nitrogens with one attached hydrogen (secondary N) is 1. The molecule has 1 aromatic rings. The second-order valence-electron chi connectivity index (χ2n) is 4.87. The van der Waals surface area contributed by atoms with Crippen LogP contribution in [0.4, 0.5) is 0 Å². The number of carboxylic acids is 1. The van der Waals surface area contributed by atoms with Gasteiger partial charge in [-0.3, -0.25) is 19.3 Å². The molecule has 1 aromatic carbocycles. The second-order valence-corrected chi connectivity index (χ2v) is 4.87. The van der Waals surface area contributed by atoms with Crippen molar-refractivity contribution in [3.63, 3.8) is 0 Å². The number of carbonyl (C=O) groups excluding carboxylic acids is 2. The number of nitrogens with two attached hydrogens (primary N) is 1. The Labute approximate surface area is 121 Å². The van der Waals surface area contributed by atoms with E-state index >= 15 is 0 Å². The zero-order valence-electron chi connectivity index (χ0n) is 11.4. The summed E-state index contributed by atoms with van der Waals surface area (Å²) in [5, 5.41) is 11.7. The summed E-state index contributed by atoms with van der Waals surface area (Å²) in [5.41, 5.74) is 6.59. The van der Waals surface area contributed by atoms with E-state index in [9.17, 15) is 14.4 Å². The first kappa shape index (κ1) is 15.1. The van der Waals surface area contributed by atoms with E-state index in [1.807, 2.05) is 0 Å². The topological polar surface area (TPSA) is 113 Å². The number of imide groups is 1. The number of aliphatic carboxylic acids is 1. The van der Waals surface area contributed by atoms with E-state index in [0.717, 1.165) is 5.56 Å². The van der Waals surface area contributed by atoms with Crippen LogP contribution in [0.5, 0.6) is 0 Å². The Morgan fingerprint density at radius 2 is 2.00 bits per heavy atom. The molecule has 0 unspecified atom stereocenters. The van der Waals surface area contributed by atoms with Crippen LogP contribution in [0.3, 0.4) is 0 Å². The highest BCUT2D eigenvalue weighted by Crippen LogP contribution is 2.10. The molecule has 1 aliphatic heterocycles. The summed E-state index contributed by atoms with van der Waals surface area (Å²) < 4.78 is 0. The highest BCUT2D eigenvalue weighted by molar-refractivity contribution is 6.05. The van der Waals surface area contributed by atoms with Gasteiger partial charge in [0.15, 0.2) is 0 Å². The number of hydrogen-bond donors (Lipinski definition) is 3. The number of hydrogen-bond acceptors (Lipinski definition) is 5. The third-order valence-electron chi connectivity index (χ3n) is 3.31. The normalized spacial score (nSPS) is 16.6. The molecule has 1 heterocycles. The first-order valence-corrected chi connectivity index (χ1v) is 6.62. The van der Waals surface area contributed by atoms with E-state index in [2.05, 4.69) is 5.32 Å². The third kappa shape index (κ3) is 3.65.